The summed E-state index contributed by atoms with van der Waals surface area (Å²) in [5.74, 6) is 0.501. The average molecular weight is 346 g/mol. The molecule has 134 valence electrons. The maximum absolute atomic E-state index is 12.9. The molecule has 1 aliphatic rings. The third kappa shape index (κ3) is 2.82. The molecule has 3 nitrogen and oxygen atoms in total. The molecular weight excluding hydrogens is 320 g/mol. The zero-order valence-electron chi connectivity index (χ0n) is 15.9. The van der Waals surface area contributed by atoms with Crippen molar-refractivity contribution in [2.75, 3.05) is 0 Å². The SMILES string of the molecule is Cc1[nH]c2ccc(C(=O)NC3(c4cccc(C(C)C)c4)CC3)cc2c1C. The minimum Gasteiger partial charge on any atom is -0.358 e. The Morgan fingerprint density at radius 3 is 2.58 bits per heavy atom. The quantitative estimate of drug-likeness (QED) is 0.659. The topological polar surface area (TPSA) is 44.9 Å². The number of aryl methyl sites for hydroxylation is 2. The fraction of sp³-hybridized carbons (Fsp3) is 0.348. The van der Waals surface area contributed by atoms with Crippen molar-refractivity contribution in [3.63, 3.8) is 0 Å². The molecule has 0 aliphatic heterocycles. The average Bonchev–Trinajstić information content (AvgIpc) is 3.36. The Bertz CT molecular complexity index is 993. The van der Waals surface area contributed by atoms with Gasteiger partial charge in [-0.1, -0.05) is 38.1 Å². The van der Waals surface area contributed by atoms with Gasteiger partial charge in [0.15, 0.2) is 0 Å². The first kappa shape index (κ1) is 16.9. The van der Waals surface area contributed by atoms with Crippen molar-refractivity contribution in [1.29, 1.82) is 0 Å². The molecule has 0 bridgehead atoms. The van der Waals surface area contributed by atoms with Crippen molar-refractivity contribution < 1.29 is 4.79 Å². The lowest BCUT2D eigenvalue weighted by molar-refractivity contribution is 0.0931. The highest BCUT2D eigenvalue weighted by Crippen LogP contribution is 2.46. The molecule has 0 atom stereocenters. The molecule has 0 saturated heterocycles. The van der Waals surface area contributed by atoms with E-state index in [2.05, 4.69) is 62.3 Å². The minimum atomic E-state index is -0.194. The summed E-state index contributed by atoms with van der Waals surface area (Å²) in [4.78, 5) is 16.3. The van der Waals surface area contributed by atoms with Gasteiger partial charge in [0, 0.05) is 22.2 Å². The van der Waals surface area contributed by atoms with Crippen molar-refractivity contribution in [2.45, 2.75) is 52.0 Å². The van der Waals surface area contributed by atoms with E-state index in [0.29, 0.717) is 5.92 Å². The fourth-order valence-corrected chi connectivity index (χ4v) is 3.70. The molecule has 0 spiro atoms. The van der Waals surface area contributed by atoms with Crippen LogP contribution in [0.4, 0.5) is 0 Å². The molecule has 1 heterocycles. The molecule has 2 N–H and O–H groups in total. The lowest BCUT2D eigenvalue weighted by atomic mass is 9.96. The third-order valence-electron chi connectivity index (χ3n) is 5.78. The van der Waals surface area contributed by atoms with E-state index in [4.69, 9.17) is 0 Å². The van der Waals surface area contributed by atoms with E-state index in [0.717, 1.165) is 35.0 Å². The number of rotatable bonds is 4. The normalized spacial score (nSPS) is 15.4. The number of H-pyrrole nitrogens is 1. The van der Waals surface area contributed by atoms with Gasteiger partial charge in [0.1, 0.15) is 0 Å². The van der Waals surface area contributed by atoms with Gasteiger partial charge >= 0.3 is 0 Å². The molecular formula is C23H26N2O. The number of amides is 1. The fourth-order valence-electron chi connectivity index (χ4n) is 3.70. The summed E-state index contributed by atoms with van der Waals surface area (Å²) in [6, 6.07) is 14.6. The standard InChI is InChI=1S/C23H26N2O/c1-14(2)17-6-5-7-19(12-17)23(10-11-23)25-22(26)18-8-9-21-20(13-18)15(3)16(4)24-21/h5-9,12-14,24H,10-11H2,1-4H3,(H,25,26). The monoisotopic (exact) mass is 346 g/mol. The molecule has 4 rings (SSSR count). The van der Waals surface area contributed by atoms with Gasteiger partial charge in [-0.3, -0.25) is 4.79 Å². The number of benzene rings is 2. The molecule has 0 radical (unpaired) electrons. The summed E-state index contributed by atoms with van der Waals surface area (Å²) in [6.07, 6.45) is 2.01. The second-order valence-electron chi connectivity index (χ2n) is 7.95. The van der Waals surface area contributed by atoms with E-state index in [1.807, 2.05) is 18.2 Å². The van der Waals surface area contributed by atoms with Crippen molar-refractivity contribution in [3.8, 4) is 0 Å². The molecule has 1 aliphatic carbocycles. The summed E-state index contributed by atoms with van der Waals surface area (Å²) < 4.78 is 0. The van der Waals surface area contributed by atoms with Gasteiger partial charge in [-0.25, -0.2) is 0 Å². The van der Waals surface area contributed by atoms with E-state index < -0.39 is 0 Å². The van der Waals surface area contributed by atoms with E-state index in [1.54, 1.807) is 0 Å². The minimum absolute atomic E-state index is 0.0117. The van der Waals surface area contributed by atoms with Gasteiger partial charge in [-0.15, -0.1) is 0 Å². The van der Waals surface area contributed by atoms with Crippen LogP contribution < -0.4 is 5.32 Å². The van der Waals surface area contributed by atoms with Crippen molar-refractivity contribution in [2.24, 2.45) is 0 Å². The highest BCUT2D eigenvalue weighted by atomic mass is 16.1. The molecule has 1 amide bonds. The molecule has 1 aromatic heterocycles. The highest BCUT2D eigenvalue weighted by Gasteiger charge is 2.45. The van der Waals surface area contributed by atoms with E-state index in [9.17, 15) is 4.79 Å². The lowest BCUT2D eigenvalue weighted by Crippen LogP contribution is -2.34. The number of fused-ring (bicyclic) bond motifs is 1. The van der Waals surface area contributed by atoms with Crippen LogP contribution in [0.25, 0.3) is 10.9 Å². The third-order valence-corrected chi connectivity index (χ3v) is 5.78. The van der Waals surface area contributed by atoms with E-state index in [1.165, 1.54) is 16.7 Å². The van der Waals surface area contributed by atoms with Crippen LogP contribution in [-0.2, 0) is 5.54 Å². The number of hydrogen-bond donors (Lipinski definition) is 2. The zero-order valence-corrected chi connectivity index (χ0v) is 15.9. The van der Waals surface area contributed by atoms with E-state index in [-0.39, 0.29) is 11.4 Å². The summed E-state index contributed by atoms with van der Waals surface area (Å²) in [5.41, 5.74) is 6.53. The van der Waals surface area contributed by atoms with Crippen LogP contribution in [-0.4, -0.2) is 10.9 Å². The van der Waals surface area contributed by atoms with Crippen molar-refractivity contribution in [3.05, 3.63) is 70.4 Å². The first-order valence-corrected chi connectivity index (χ1v) is 9.41. The van der Waals surface area contributed by atoms with Crippen LogP contribution in [0.5, 0.6) is 0 Å². The highest BCUT2D eigenvalue weighted by molar-refractivity contribution is 5.99. The smallest absolute Gasteiger partial charge is 0.251 e. The van der Waals surface area contributed by atoms with Gasteiger partial charge in [-0.2, -0.15) is 0 Å². The second kappa shape index (κ2) is 6.01. The van der Waals surface area contributed by atoms with Gasteiger partial charge in [0.25, 0.3) is 5.91 Å². The maximum Gasteiger partial charge on any atom is 0.251 e. The largest absolute Gasteiger partial charge is 0.358 e. The Morgan fingerprint density at radius 1 is 1.12 bits per heavy atom. The number of aromatic nitrogens is 1. The van der Waals surface area contributed by atoms with Crippen molar-refractivity contribution in [1.82, 2.24) is 10.3 Å². The van der Waals surface area contributed by atoms with Gasteiger partial charge in [0.2, 0.25) is 0 Å². The van der Waals surface area contributed by atoms with Gasteiger partial charge in [-0.05, 0) is 67.5 Å². The first-order chi connectivity index (χ1) is 12.4. The Labute approximate surface area is 154 Å². The zero-order chi connectivity index (χ0) is 18.5. The first-order valence-electron chi connectivity index (χ1n) is 9.41. The number of aromatic amines is 1. The Morgan fingerprint density at radius 2 is 1.88 bits per heavy atom. The lowest BCUT2D eigenvalue weighted by Gasteiger charge is -2.20. The second-order valence-corrected chi connectivity index (χ2v) is 7.95. The Kier molecular flexibility index (Phi) is 3.91. The Hall–Kier alpha value is -2.55. The van der Waals surface area contributed by atoms with Gasteiger partial charge < -0.3 is 10.3 Å². The van der Waals surface area contributed by atoms with Crippen LogP contribution in [0, 0.1) is 13.8 Å². The molecule has 0 unspecified atom stereocenters. The Balaban J connectivity index is 1.62. The van der Waals surface area contributed by atoms with Gasteiger partial charge in [0.05, 0.1) is 5.54 Å². The van der Waals surface area contributed by atoms with Crippen LogP contribution in [0.2, 0.25) is 0 Å². The molecule has 2 aromatic carbocycles. The predicted molar refractivity (Wildman–Crippen MR) is 107 cm³/mol. The van der Waals surface area contributed by atoms with Crippen LogP contribution in [0.3, 0.4) is 0 Å². The van der Waals surface area contributed by atoms with Crippen LogP contribution >= 0.6 is 0 Å². The molecule has 26 heavy (non-hydrogen) atoms. The summed E-state index contributed by atoms with van der Waals surface area (Å²) in [7, 11) is 0. The summed E-state index contributed by atoms with van der Waals surface area (Å²) in [5, 5.41) is 4.43. The number of carbonyl (C=O) groups excluding carboxylic acids is 1. The summed E-state index contributed by atoms with van der Waals surface area (Å²) in [6.45, 7) is 8.56. The summed E-state index contributed by atoms with van der Waals surface area (Å²) >= 11 is 0. The maximum atomic E-state index is 12.9. The number of hydrogen-bond acceptors (Lipinski definition) is 1. The molecule has 1 fully saturated rings. The van der Waals surface area contributed by atoms with E-state index >= 15 is 0 Å². The molecule has 3 aromatic rings. The van der Waals surface area contributed by atoms with Crippen molar-refractivity contribution >= 4 is 16.8 Å². The molecule has 1 saturated carbocycles. The predicted octanol–water partition coefficient (Wildman–Crippen LogP) is 5.33. The molecule has 3 heteroatoms. The van der Waals surface area contributed by atoms with Crippen LogP contribution in [0.15, 0.2) is 42.5 Å². The van der Waals surface area contributed by atoms with Crippen LogP contribution in [0.1, 0.15) is 65.3 Å². The number of nitrogens with one attached hydrogen (secondary N) is 2. The number of carbonyl (C=O) groups is 1.